The summed E-state index contributed by atoms with van der Waals surface area (Å²) in [6.07, 6.45) is 4.54. The van der Waals surface area contributed by atoms with Crippen LogP contribution in [-0.2, 0) is 4.79 Å². The normalized spacial score (nSPS) is 18.7. The summed E-state index contributed by atoms with van der Waals surface area (Å²) in [5, 5.41) is 3.25. The Labute approximate surface area is 213 Å². The van der Waals surface area contributed by atoms with Crippen LogP contribution in [0.4, 0.5) is 0 Å². The van der Waals surface area contributed by atoms with Gasteiger partial charge in [0.05, 0.1) is 34.9 Å². The topological polar surface area (TPSA) is 69.3 Å². The predicted octanol–water partition coefficient (Wildman–Crippen LogP) is 4.65. The minimum Gasteiger partial charge on any atom is -0.497 e. The van der Waals surface area contributed by atoms with Gasteiger partial charge < -0.3 is 29.2 Å². The van der Waals surface area contributed by atoms with Crippen molar-refractivity contribution < 1.29 is 23.7 Å². The van der Waals surface area contributed by atoms with Crippen molar-refractivity contribution in [2.45, 2.75) is 32.2 Å². The lowest BCUT2D eigenvalue weighted by Crippen LogP contribution is -2.46. The van der Waals surface area contributed by atoms with Gasteiger partial charge in [-0.1, -0.05) is 6.07 Å². The van der Waals surface area contributed by atoms with E-state index in [0.29, 0.717) is 23.7 Å². The van der Waals surface area contributed by atoms with Crippen molar-refractivity contribution in [3.8, 4) is 23.0 Å². The maximum atomic E-state index is 13.1. The number of hydrogen-bond donors (Lipinski definition) is 1. The molecule has 1 unspecified atom stereocenters. The van der Waals surface area contributed by atoms with Gasteiger partial charge in [-0.3, -0.25) is 4.79 Å². The fourth-order valence-corrected chi connectivity index (χ4v) is 5.19. The number of hydrogen-bond acceptors (Lipinski definition) is 6. The van der Waals surface area contributed by atoms with Gasteiger partial charge in [-0.2, -0.15) is 0 Å². The minimum absolute atomic E-state index is 0.0486. The lowest BCUT2D eigenvalue weighted by atomic mass is 10.00. The summed E-state index contributed by atoms with van der Waals surface area (Å²) in [5.41, 5.74) is 6.16. The van der Waals surface area contributed by atoms with Gasteiger partial charge in [0.2, 0.25) is 11.7 Å². The Kier molecular flexibility index (Phi) is 7.89. The molecule has 0 aromatic heterocycles. The van der Waals surface area contributed by atoms with Crippen molar-refractivity contribution in [1.82, 2.24) is 10.2 Å². The minimum atomic E-state index is 0.0486. The summed E-state index contributed by atoms with van der Waals surface area (Å²) < 4.78 is 22.1. The smallest absolute Gasteiger partial charge is 0.224 e. The Balaban J connectivity index is 1.71. The highest BCUT2D eigenvalue weighted by molar-refractivity contribution is 6.08. The Bertz CT molecular complexity index is 1180. The van der Waals surface area contributed by atoms with Gasteiger partial charge in [-0.15, -0.1) is 0 Å². The first kappa shape index (κ1) is 25.6. The van der Waals surface area contributed by atoms with Gasteiger partial charge in [-0.25, -0.2) is 0 Å². The molecule has 1 heterocycles. The molecular formula is C29H36N2O5. The van der Waals surface area contributed by atoms with E-state index >= 15 is 0 Å². The molecule has 1 N–H and O–H groups in total. The molecule has 0 spiro atoms. The van der Waals surface area contributed by atoms with Gasteiger partial charge in [-0.05, 0) is 97.1 Å². The summed E-state index contributed by atoms with van der Waals surface area (Å²) in [7, 11) is 8.57. The van der Waals surface area contributed by atoms with Crippen molar-refractivity contribution in [3.05, 3.63) is 52.6 Å². The summed E-state index contributed by atoms with van der Waals surface area (Å²) in [4.78, 5) is 15.4. The number of benzene rings is 2. The number of piperidine rings is 1. The molecule has 0 saturated carbocycles. The van der Waals surface area contributed by atoms with Crippen LogP contribution in [0, 0.1) is 0 Å². The number of likely N-dealkylation sites (tertiary alicyclic amines) is 1. The molecule has 2 aromatic rings. The molecule has 2 aliphatic rings. The van der Waals surface area contributed by atoms with Crippen LogP contribution in [0.15, 0.2) is 35.9 Å². The molecule has 0 radical (unpaired) electrons. The lowest BCUT2D eigenvalue weighted by Gasteiger charge is -2.30. The predicted molar refractivity (Wildman–Crippen MR) is 143 cm³/mol. The highest BCUT2D eigenvalue weighted by Gasteiger charge is 2.27. The molecule has 1 aliphatic heterocycles. The maximum absolute atomic E-state index is 13.1. The maximum Gasteiger partial charge on any atom is 0.224 e. The molecule has 192 valence electrons. The fourth-order valence-electron chi connectivity index (χ4n) is 5.19. The van der Waals surface area contributed by atoms with E-state index in [4.69, 9.17) is 18.9 Å². The second-order valence-corrected chi connectivity index (χ2v) is 9.38. The average Bonchev–Trinajstić information content (AvgIpc) is 3.13. The van der Waals surface area contributed by atoms with Crippen LogP contribution < -0.4 is 24.3 Å². The molecule has 1 amide bonds. The lowest BCUT2D eigenvalue weighted by molar-refractivity contribution is -0.121. The number of fused-ring (bicyclic) bond motifs is 1. The van der Waals surface area contributed by atoms with E-state index in [1.165, 1.54) is 0 Å². The van der Waals surface area contributed by atoms with E-state index in [1.807, 2.05) is 24.3 Å². The van der Waals surface area contributed by atoms with Crippen molar-refractivity contribution in [2.75, 3.05) is 48.6 Å². The number of amides is 1. The SMILES string of the molecule is COc1ccc2c(c1)C(CC(=O)NC1CCCN(C)C1)=C(C)/C2=C/c1cc(OC)c(OC)c(OC)c1. The Hall–Kier alpha value is -3.45. The van der Waals surface area contributed by atoms with Crippen LogP contribution in [0.5, 0.6) is 23.0 Å². The third kappa shape index (κ3) is 5.21. The molecule has 36 heavy (non-hydrogen) atoms. The van der Waals surface area contributed by atoms with Gasteiger partial charge in [0.25, 0.3) is 0 Å². The first-order valence-electron chi connectivity index (χ1n) is 12.3. The summed E-state index contributed by atoms with van der Waals surface area (Å²) in [6.45, 7) is 4.05. The van der Waals surface area contributed by atoms with Crippen molar-refractivity contribution in [2.24, 2.45) is 0 Å². The quantitative estimate of drug-likeness (QED) is 0.579. The molecule has 4 rings (SSSR count). The zero-order valence-corrected chi connectivity index (χ0v) is 22.1. The first-order valence-corrected chi connectivity index (χ1v) is 12.3. The average molecular weight is 493 g/mol. The summed E-state index contributed by atoms with van der Waals surface area (Å²) in [6, 6.07) is 10.1. The van der Waals surface area contributed by atoms with E-state index in [1.54, 1.807) is 28.4 Å². The Morgan fingerprint density at radius 3 is 2.36 bits per heavy atom. The first-order chi connectivity index (χ1) is 17.4. The van der Waals surface area contributed by atoms with E-state index in [2.05, 4.69) is 36.3 Å². The number of carbonyl (C=O) groups is 1. The van der Waals surface area contributed by atoms with E-state index in [9.17, 15) is 4.79 Å². The third-order valence-electron chi connectivity index (χ3n) is 7.02. The number of rotatable bonds is 8. The molecule has 1 saturated heterocycles. The second kappa shape index (κ2) is 11.1. The van der Waals surface area contributed by atoms with E-state index in [-0.39, 0.29) is 11.9 Å². The van der Waals surface area contributed by atoms with Crippen LogP contribution in [0.1, 0.15) is 42.9 Å². The molecule has 7 nitrogen and oxygen atoms in total. The zero-order chi connectivity index (χ0) is 25.8. The molecular weight excluding hydrogens is 456 g/mol. The zero-order valence-electron chi connectivity index (χ0n) is 22.1. The van der Waals surface area contributed by atoms with E-state index in [0.717, 1.165) is 65.1 Å². The molecule has 7 heteroatoms. The largest absolute Gasteiger partial charge is 0.497 e. The highest BCUT2D eigenvalue weighted by atomic mass is 16.5. The van der Waals surface area contributed by atoms with Crippen molar-refractivity contribution in [1.29, 1.82) is 0 Å². The van der Waals surface area contributed by atoms with Crippen LogP contribution in [0.3, 0.4) is 0 Å². The number of carbonyl (C=O) groups excluding carboxylic acids is 1. The van der Waals surface area contributed by atoms with Crippen LogP contribution in [0.25, 0.3) is 17.2 Å². The number of ether oxygens (including phenoxy) is 4. The molecule has 0 bridgehead atoms. The van der Waals surface area contributed by atoms with Gasteiger partial charge in [0.15, 0.2) is 11.5 Å². The van der Waals surface area contributed by atoms with E-state index < -0.39 is 0 Å². The monoisotopic (exact) mass is 492 g/mol. The standard InChI is InChI=1S/C29H36N2O5/c1-18-23(12-19-13-26(34-4)29(36-6)27(14-19)35-5)22-10-9-21(33-3)15-25(22)24(18)16-28(32)30-20-8-7-11-31(2)17-20/h9-10,12-15,20H,7-8,11,16-17H2,1-6H3,(H,30,32)/b23-12-. The van der Waals surface area contributed by atoms with Gasteiger partial charge in [0.1, 0.15) is 5.75 Å². The summed E-state index contributed by atoms with van der Waals surface area (Å²) in [5.74, 6) is 2.55. The number of methoxy groups -OCH3 is 4. The molecule has 1 fully saturated rings. The molecule has 1 aliphatic carbocycles. The third-order valence-corrected chi connectivity index (χ3v) is 7.02. The molecule has 2 aromatic carbocycles. The Morgan fingerprint density at radius 2 is 1.75 bits per heavy atom. The molecule has 1 atom stereocenters. The van der Waals surface area contributed by atoms with Crippen LogP contribution in [0.2, 0.25) is 0 Å². The number of nitrogens with one attached hydrogen (secondary N) is 1. The number of allylic oxidation sites excluding steroid dienone is 2. The fraction of sp³-hybridized carbons (Fsp3) is 0.414. The van der Waals surface area contributed by atoms with Crippen LogP contribution >= 0.6 is 0 Å². The van der Waals surface area contributed by atoms with Gasteiger partial charge >= 0.3 is 0 Å². The second-order valence-electron chi connectivity index (χ2n) is 9.38. The van der Waals surface area contributed by atoms with Crippen LogP contribution in [-0.4, -0.2) is 65.4 Å². The van der Waals surface area contributed by atoms with Crippen molar-refractivity contribution in [3.63, 3.8) is 0 Å². The van der Waals surface area contributed by atoms with Gasteiger partial charge in [0, 0.05) is 12.6 Å². The Morgan fingerprint density at radius 1 is 1.03 bits per heavy atom. The highest BCUT2D eigenvalue weighted by Crippen LogP contribution is 2.46. The number of likely N-dealkylation sites (N-methyl/N-ethyl adjacent to an activating group) is 1. The number of nitrogens with zero attached hydrogens (tertiary/aromatic N) is 1. The summed E-state index contributed by atoms with van der Waals surface area (Å²) >= 11 is 0. The van der Waals surface area contributed by atoms with Crippen molar-refractivity contribution >= 4 is 23.1 Å².